The second-order valence-electron chi connectivity index (χ2n) is 11.8. The first-order chi connectivity index (χ1) is 23.4. The van der Waals surface area contributed by atoms with Crippen LogP contribution >= 0.6 is 0 Å². The summed E-state index contributed by atoms with van der Waals surface area (Å²) in [4.78, 5) is 59.7. The van der Waals surface area contributed by atoms with Gasteiger partial charge in [-0.1, -0.05) is 19.1 Å². The van der Waals surface area contributed by atoms with E-state index in [-0.39, 0.29) is 30.0 Å². The molecule has 49 heavy (non-hydrogen) atoms. The van der Waals surface area contributed by atoms with Crippen LogP contribution in [-0.2, 0) is 12.7 Å². The van der Waals surface area contributed by atoms with Crippen LogP contribution in [0, 0.1) is 6.92 Å². The van der Waals surface area contributed by atoms with E-state index in [1.54, 1.807) is 55.4 Å². The zero-order valence-corrected chi connectivity index (χ0v) is 27.1. The van der Waals surface area contributed by atoms with Gasteiger partial charge in [-0.2, -0.15) is 18.2 Å². The highest BCUT2D eigenvalue weighted by atomic mass is 19.4. The van der Waals surface area contributed by atoms with Gasteiger partial charge in [-0.25, -0.2) is 14.8 Å². The number of urea groups is 1. The molecular formula is C34H34F3N9O3. The molecule has 0 unspecified atom stereocenters. The molecule has 0 bridgehead atoms. The number of nitrogens with zero attached hydrogens (tertiary/aromatic N) is 7. The normalized spacial score (nSPS) is 15.2. The van der Waals surface area contributed by atoms with Crippen molar-refractivity contribution in [2.45, 2.75) is 26.6 Å². The standard InChI is InChI=1S/C34H34F3N9O3/c1-4-44-12-14-45(15-13-44)31(48)27-11-10-26(19-38-27)41-32-39-18-23-20-46(33(49)43(3)29(23)42-32)28-17-25(9-8-21(28)2)40-30(47)22-6-5-7-24(16-22)34(35,36)37/h5-11,16-19H,4,12-15,20H2,1-3H3,(H,40,47)(H,39,41,42). The van der Waals surface area contributed by atoms with Gasteiger partial charge in [0.1, 0.15) is 11.5 Å². The van der Waals surface area contributed by atoms with Crippen molar-refractivity contribution in [2.24, 2.45) is 0 Å². The van der Waals surface area contributed by atoms with E-state index in [0.29, 0.717) is 47.2 Å². The molecule has 4 heterocycles. The number of benzene rings is 2. The average molecular weight is 674 g/mol. The Morgan fingerprint density at radius 1 is 0.939 bits per heavy atom. The predicted molar refractivity (Wildman–Crippen MR) is 178 cm³/mol. The Labute approximate surface area is 280 Å². The topological polar surface area (TPSA) is 127 Å². The van der Waals surface area contributed by atoms with E-state index in [9.17, 15) is 27.6 Å². The molecule has 2 N–H and O–H groups in total. The van der Waals surface area contributed by atoms with Gasteiger partial charge >= 0.3 is 12.2 Å². The maximum Gasteiger partial charge on any atom is 0.416 e. The highest BCUT2D eigenvalue weighted by Gasteiger charge is 2.33. The lowest BCUT2D eigenvalue weighted by atomic mass is 10.1. The summed E-state index contributed by atoms with van der Waals surface area (Å²) in [6.07, 6.45) is -1.44. The van der Waals surface area contributed by atoms with Crippen LogP contribution in [0.25, 0.3) is 0 Å². The minimum Gasteiger partial charge on any atom is -0.335 e. The quantitative estimate of drug-likeness (QED) is 0.262. The molecule has 2 aliphatic rings. The molecule has 15 heteroatoms. The number of nitrogens with one attached hydrogen (secondary N) is 2. The van der Waals surface area contributed by atoms with E-state index in [2.05, 4.69) is 37.4 Å². The number of aryl methyl sites for hydroxylation is 1. The fraction of sp³-hybridized carbons (Fsp3) is 0.294. The number of rotatable bonds is 7. The van der Waals surface area contributed by atoms with Gasteiger partial charge in [0.2, 0.25) is 5.95 Å². The second kappa shape index (κ2) is 13.5. The number of likely N-dealkylation sites (N-methyl/N-ethyl adjacent to an activating group) is 1. The van der Waals surface area contributed by atoms with Crippen molar-refractivity contribution in [3.8, 4) is 0 Å². The van der Waals surface area contributed by atoms with Crippen molar-refractivity contribution in [2.75, 3.05) is 60.2 Å². The maximum absolute atomic E-state index is 13.6. The molecule has 4 aromatic rings. The number of alkyl halides is 3. The molecule has 12 nitrogen and oxygen atoms in total. The Hall–Kier alpha value is -5.57. The number of piperazine rings is 1. The second-order valence-corrected chi connectivity index (χ2v) is 11.8. The van der Waals surface area contributed by atoms with Gasteiger partial charge in [-0.3, -0.25) is 19.4 Å². The van der Waals surface area contributed by atoms with Gasteiger partial charge in [0.05, 0.1) is 29.7 Å². The number of hydrogen-bond acceptors (Lipinski definition) is 8. The molecular weight excluding hydrogens is 639 g/mol. The number of anilines is 5. The first-order valence-corrected chi connectivity index (χ1v) is 15.7. The molecule has 2 aromatic carbocycles. The summed E-state index contributed by atoms with van der Waals surface area (Å²) >= 11 is 0. The third kappa shape index (κ3) is 7.16. The predicted octanol–water partition coefficient (Wildman–Crippen LogP) is 5.55. The van der Waals surface area contributed by atoms with Crippen LogP contribution in [0.5, 0.6) is 0 Å². The molecule has 0 atom stereocenters. The molecule has 6 rings (SSSR count). The van der Waals surface area contributed by atoms with E-state index in [0.717, 1.165) is 37.3 Å². The molecule has 0 saturated carbocycles. The molecule has 0 aliphatic carbocycles. The zero-order chi connectivity index (χ0) is 34.9. The Bertz CT molecular complexity index is 1890. The Balaban J connectivity index is 1.14. The van der Waals surface area contributed by atoms with Crippen LogP contribution in [-0.4, -0.2) is 82.4 Å². The number of aromatic nitrogens is 3. The summed E-state index contributed by atoms with van der Waals surface area (Å²) in [5.74, 6) is -0.199. The zero-order valence-electron chi connectivity index (χ0n) is 27.1. The van der Waals surface area contributed by atoms with E-state index in [4.69, 9.17) is 0 Å². The van der Waals surface area contributed by atoms with Gasteiger partial charge < -0.3 is 20.4 Å². The van der Waals surface area contributed by atoms with Gasteiger partial charge in [-0.15, -0.1) is 0 Å². The number of fused-ring (bicyclic) bond motifs is 1. The van der Waals surface area contributed by atoms with Crippen molar-refractivity contribution in [1.29, 1.82) is 0 Å². The van der Waals surface area contributed by atoms with Crippen LogP contribution in [0.15, 0.2) is 67.0 Å². The molecule has 4 amide bonds. The lowest BCUT2D eigenvalue weighted by molar-refractivity contribution is -0.137. The van der Waals surface area contributed by atoms with Crippen molar-refractivity contribution in [1.82, 2.24) is 24.8 Å². The van der Waals surface area contributed by atoms with Gasteiger partial charge in [0.25, 0.3) is 11.8 Å². The monoisotopic (exact) mass is 673 g/mol. The Kier molecular flexibility index (Phi) is 9.19. The molecule has 2 aromatic heterocycles. The van der Waals surface area contributed by atoms with Crippen LogP contribution in [0.2, 0.25) is 0 Å². The summed E-state index contributed by atoms with van der Waals surface area (Å²) in [6.45, 7) is 7.99. The molecule has 1 saturated heterocycles. The fourth-order valence-electron chi connectivity index (χ4n) is 5.73. The lowest BCUT2D eigenvalue weighted by Crippen LogP contribution is -2.48. The maximum atomic E-state index is 13.6. The number of amides is 4. The van der Waals surface area contributed by atoms with Crippen molar-refractivity contribution in [3.63, 3.8) is 0 Å². The van der Waals surface area contributed by atoms with E-state index < -0.39 is 17.6 Å². The Morgan fingerprint density at radius 3 is 2.39 bits per heavy atom. The van der Waals surface area contributed by atoms with Gasteiger partial charge in [0.15, 0.2) is 0 Å². The number of pyridine rings is 1. The summed E-state index contributed by atoms with van der Waals surface area (Å²) in [5, 5.41) is 5.71. The van der Waals surface area contributed by atoms with Crippen LogP contribution in [0.1, 0.15) is 44.5 Å². The minimum atomic E-state index is -4.58. The first kappa shape index (κ1) is 33.3. The number of halogens is 3. The molecule has 0 radical (unpaired) electrons. The molecule has 2 aliphatic heterocycles. The van der Waals surface area contributed by atoms with E-state index in [1.807, 2.05) is 0 Å². The Morgan fingerprint density at radius 2 is 1.69 bits per heavy atom. The minimum absolute atomic E-state index is 0.115. The smallest absolute Gasteiger partial charge is 0.335 e. The molecule has 254 valence electrons. The fourth-order valence-corrected chi connectivity index (χ4v) is 5.73. The lowest BCUT2D eigenvalue weighted by Gasteiger charge is -2.35. The first-order valence-electron chi connectivity index (χ1n) is 15.7. The molecule has 0 spiro atoms. The third-order valence-electron chi connectivity index (χ3n) is 8.56. The van der Waals surface area contributed by atoms with Crippen LogP contribution in [0.3, 0.4) is 0 Å². The van der Waals surface area contributed by atoms with Crippen LogP contribution < -0.4 is 20.4 Å². The summed E-state index contributed by atoms with van der Waals surface area (Å²) < 4.78 is 39.5. The number of carbonyl (C=O) groups is 3. The van der Waals surface area contributed by atoms with Crippen molar-refractivity contribution in [3.05, 3.63) is 94.9 Å². The summed E-state index contributed by atoms with van der Waals surface area (Å²) in [7, 11) is 1.58. The number of carbonyl (C=O) groups excluding carboxylic acids is 3. The third-order valence-corrected chi connectivity index (χ3v) is 8.56. The van der Waals surface area contributed by atoms with Crippen LogP contribution in [0.4, 0.5) is 46.8 Å². The van der Waals surface area contributed by atoms with E-state index >= 15 is 0 Å². The SMILES string of the molecule is CCN1CCN(C(=O)c2ccc(Nc3ncc4c(n3)N(C)C(=O)N(c3cc(NC(=O)c5cccc(C(F)(F)F)c5)ccc3C)C4)cn2)CC1. The number of hydrogen-bond donors (Lipinski definition) is 2. The van der Waals surface area contributed by atoms with E-state index in [1.165, 1.54) is 28.1 Å². The summed E-state index contributed by atoms with van der Waals surface area (Å²) in [6, 6.07) is 12.1. The van der Waals surface area contributed by atoms with Gasteiger partial charge in [0, 0.05) is 56.2 Å². The van der Waals surface area contributed by atoms with Crippen molar-refractivity contribution < 1.29 is 27.6 Å². The van der Waals surface area contributed by atoms with Crippen molar-refractivity contribution >= 4 is 46.7 Å². The average Bonchev–Trinajstić information content (AvgIpc) is 3.10. The summed E-state index contributed by atoms with van der Waals surface area (Å²) in [5.41, 5.74) is 2.04. The largest absolute Gasteiger partial charge is 0.416 e. The van der Waals surface area contributed by atoms with Gasteiger partial charge in [-0.05, 0) is 61.5 Å². The molecule has 1 fully saturated rings. The highest BCUT2D eigenvalue weighted by molar-refractivity contribution is 6.07. The highest BCUT2D eigenvalue weighted by Crippen LogP contribution is 2.34.